The fourth-order valence-corrected chi connectivity index (χ4v) is 1.70. The highest BCUT2D eigenvalue weighted by Crippen LogP contribution is 2.27. The number of rotatable bonds is 4. The number of hydrogen-bond acceptors (Lipinski definition) is 4. The molecule has 0 unspecified atom stereocenters. The third-order valence-electron chi connectivity index (χ3n) is 2.73. The van der Waals surface area contributed by atoms with Gasteiger partial charge in [0.25, 0.3) is 0 Å². The van der Waals surface area contributed by atoms with Crippen LogP contribution in [0.5, 0.6) is 5.75 Å². The SMILES string of the molecule is COc1ccc(Nc2cc(C(=O)O)ccc2N)cc1F. The summed E-state index contributed by atoms with van der Waals surface area (Å²) in [5.74, 6) is -1.46. The minimum Gasteiger partial charge on any atom is -0.494 e. The second-order valence-electron chi connectivity index (χ2n) is 4.08. The number of nitrogen functional groups attached to an aromatic ring is 1. The summed E-state index contributed by atoms with van der Waals surface area (Å²) >= 11 is 0. The van der Waals surface area contributed by atoms with Crippen LogP contribution in [0.3, 0.4) is 0 Å². The number of nitrogens with two attached hydrogens (primary N) is 1. The first kappa shape index (κ1) is 13.7. The van der Waals surface area contributed by atoms with Gasteiger partial charge in [-0.2, -0.15) is 0 Å². The molecule has 5 nitrogen and oxygen atoms in total. The third-order valence-corrected chi connectivity index (χ3v) is 2.73. The normalized spacial score (nSPS) is 10.1. The Morgan fingerprint density at radius 3 is 2.65 bits per heavy atom. The molecule has 2 aromatic carbocycles. The van der Waals surface area contributed by atoms with Gasteiger partial charge in [-0.25, -0.2) is 9.18 Å². The van der Waals surface area contributed by atoms with Gasteiger partial charge in [0.15, 0.2) is 11.6 Å². The van der Waals surface area contributed by atoms with Crippen LogP contribution < -0.4 is 15.8 Å². The quantitative estimate of drug-likeness (QED) is 0.748. The van der Waals surface area contributed by atoms with Crippen molar-refractivity contribution in [2.45, 2.75) is 0 Å². The van der Waals surface area contributed by atoms with Crippen molar-refractivity contribution in [3.8, 4) is 5.75 Å². The number of carboxylic acids is 1. The number of benzene rings is 2. The smallest absolute Gasteiger partial charge is 0.335 e. The number of nitrogens with one attached hydrogen (secondary N) is 1. The molecule has 0 aliphatic carbocycles. The van der Waals surface area contributed by atoms with E-state index in [9.17, 15) is 9.18 Å². The second kappa shape index (κ2) is 5.48. The fraction of sp³-hybridized carbons (Fsp3) is 0.0714. The van der Waals surface area contributed by atoms with Crippen molar-refractivity contribution in [2.24, 2.45) is 0 Å². The van der Waals surface area contributed by atoms with Crippen LogP contribution in [-0.4, -0.2) is 18.2 Å². The molecule has 0 saturated carbocycles. The molecule has 0 amide bonds. The van der Waals surface area contributed by atoms with Crippen molar-refractivity contribution in [3.05, 3.63) is 47.8 Å². The topological polar surface area (TPSA) is 84.6 Å². The number of methoxy groups -OCH3 is 1. The van der Waals surface area contributed by atoms with Crippen LogP contribution in [0.4, 0.5) is 21.5 Å². The Labute approximate surface area is 114 Å². The van der Waals surface area contributed by atoms with E-state index >= 15 is 0 Å². The van der Waals surface area contributed by atoms with Gasteiger partial charge in [0.2, 0.25) is 0 Å². The van der Waals surface area contributed by atoms with Crippen LogP contribution >= 0.6 is 0 Å². The van der Waals surface area contributed by atoms with E-state index in [4.69, 9.17) is 15.6 Å². The van der Waals surface area contributed by atoms with Gasteiger partial charge in [-0.1, -0.05) is 0 Å². The number of ether oxygens (including phenoxy) is 1. The predicted molar refractivity (Wildman–Crippen MR) is 74.0 cm³/mol. The molecule has 0 aliphatic rings. The van der Waals surface area contributed by atoms with Gasteiger partial charge in [0, 0.05) is 11.8 Å². The molecule has 0 fully saturated rings. The molecule has 0 bridgehead atoms. The number of carboxylic acid groups (broad SMARTS) is 1. The minimum absolute atomic E-state index is 0.0932. The van der Waals surface area contributed by atoms with E-state index in [0.29, 0.717) is 17.1 Å². The molecule has 20 heavy (non-hydrogen) atoms. The van der Waals surface area contributed by atoms with E-state index < -0.39 is 11.8 Å². The first-order valence-electron chi connectivity index (χ1n) is 5.74. The lowest BCUT2D eigenvalue weighted by Gasteiger charge is -2.11. The van der Waals surface area contributed by atoms with E-state index in [-0.39, 0.29) is 11.3 Å². The lowest BCUT2D eigenvalue weighted by Crippen LogP contribution is -2.01. The zero-order chi connectivity index (χ0) is 14.7. The van der Waals surface area contributed by atoms with Crippen LogP contribution in [-0.2, 0) is 0 Å². The number of carbonyl (C=O) groups is 1. The molecule has 6 heteroatoms. The zero-order valence-electron chi connectivity index (χ0n) is 10.7. The molecule has 0 radical (unpaired) electrons. The van der Waals surface area contributed by atoms with Gasteiger partial charge in [-0.3, -0.25) is 0 Å². The van der Waals surface area contributed by atoms with E-state index in [1.54, 1.807) is 6.07 Å². The number of aromatic carboxylic acids is 1. The van der Waals surface area contributed by atoms with Crippen LogP contribution in [0, 0.1) is 5.82 Å². The molecule has 2 aromatic rings. The molecule has 0 atom stereocenters. The maximum Gasteiger partial charge on any atom is 0.335 e. The van der Waals surface area contributed by atoms with Crippen molar-refractivity contribution in [1.82, 2.24) is 0 Å². The van der Waals surface area contributed by atoms with Crippen molar-refractivity contribution in [1.29, 1.82) is 0 Å². The average Bonchev–Trinajstić information content (AvgIpc) is 2.41. The van der Waals surface area contributed by atoms with Gasteiger partial charge in [0.1, 0.15) is 0 Å². The third kappa shape index (κ3) is 2.80. The second-order valence-corrected chi connectivity index (χ2v) is 4.08. The summed E-state index contributed by atoms with van der Waals surface area (Å²) in [7, 11) is 1.37. The van der Waals surface area contributed by atoms with Crippen molar-refractivity contribution >= 4 is 23.0 Å². The van der Waals surface area contributed by atoms with Crippen molar-refractivity contribution < 1.29 is 19.0 Å². The highest BCUT2D eigenvalue weighted by Gasteiger charge is 2.08. The number of hydrogen-bond donors (Lipinski definition) is 3. The molecule has 0 aromatic heterocycles. The van der Waals surface area contributed by atoms with Crippen LogP contribution in [0.15, 0.2) is 36.4 Å². The first-order chi connectivity index (χ1) is 9.51. The predicted octanol–water partition coefficient (Wildman–Crippen LogP) is 2.86. The Kier molecular flexibility index (Phi) is 3.74. The lowest BCUT2D eigenvalue weighted by atomic mass is 10.1. The van der Waals surface area contributed by atoms with Gasteiger partial charge >= 0.3 is 5.97 Å². The molecule has 0 saturated heterocycles. The van der Waals surface area contributed by atoms with Gasteiger partial charge in [0.05, 0.1) is 24.0 Å². The summed E-state index contributed by atoms with van der Waals surface area (Å²) in [6.45, 7) is 0. The molecule has 4 N–H and O–H groups in total. The molecule has 0 heterocycles. The summed E-state index contributed by atoms with van der Waals surface area (Å²) < 4.78 is 18.4. The Balaban J connectivity index is 2.32. The van der Waals surface area contributed by atoms with E-state index in [1.165, 1.54) is 37.4 Å². The summed E-state index contributed by atoms with van der Waals surface area (Å²) in [6.07, 6.45) is 0. The van der Waals surface area contributed by atoms with E-state index in [0.717, 1.165) is 0 Å². The average molecular weight is 276 g/mol. The Morgan fingerprint density at radius 1 is 1.30 bits per heavy atom. The Morgan fingerprint density at radius 2 is 2.05 bits per heavy atom. The minimum atomic E-state index is -1.06. The van der Waals surface area contributed by atoms with Crippen LogP contribution in [0.1, 0.15) is 10.4 Å². The monoisotopic (exact) mass is 276 g/mol. The molecule has 104 valence electrons. The number of halogens is 1. The molecule has 0 spiro atoms. The highest BCUT2D eigenvalue weighted by molar-refractivity contribution is 5.91. The fourth-order valence-electron chi connectivity index (χ4n) is 1.70. The zero-order valence-corrected chi connectivity index (χ0v) is 10.7. The molecule has 2 rings (SSSR count). The number of anilines is 3. The van der Waals surface area contributed by atoms with Crippen molar-refractivity contribution in [2.75, 3.05) is 18.2 Å². The summed E-state index contributed by atoms with van der Waals surface area (Å²) in [4.78, 5) is 10.9. The summed E-state index contributed by atoms with van der Waals surface area (Å²) in [5.41, 5.74) is 7.06. The van der Waals surface area contributed by atoms with Crippen LogP contribution in [0.25, 0.3) is 0 Å². The maximum atomic E-state index is 13.6. The van der Waals surface area contributed by atoms with E-state index in [2.05, 4.69) is 5.32 Å². The largest absolute Gasteiger partial charge is 0.494 e. The van der Waals surface area contributed by atoms with Crippen molar-refractivity contribution in [3.63, 3.8) is 0 Å². The molecular weight excluding hydrogens is 263 g/mol. The highest BCUT2D eigenvalue weighted by atomic mass is 19.1. The molecule has 0 aliphatic heterocycles. The van der Waals surface area contributed by atoms with Gasteiger partial charge < -0.3 is 20.9 Å². The Bertz CT molecular complexity index is 659. The first-order valence-corrected chi connectivity index (χ1v) is 5.74. The molecular formula is C14H13FN2O3. The Hall–Kier alpha value is -2.76. The van der Waals surface area contributed by atoms with Gasteiger partial charge in [-0.05, 0) is 30.3 Å². The summed E-state index contributed by atoms with van der Waals surface area (Å²) in [5, 5.41) is 11.8. The summed E-state index contributed by atoms with van der Waals surface area (Å²) in [6, 6.07) is 8.58. The maximum absolute atomic E-state index is 13.6. The van der Waals surface area contributed by atoms with Gasteiger partial charge in [-0.15, -0.1) is 0 Å². The van der Waals surface area contributed by atoms with E-state index in [1.807, 2.05) is 0 Å². The standard InChI is InChI=1S/C14H13FN2O3/c1-20-13-5-3-9(7-10(13)15)17-12-6-8(14(18)19)2-4-11(12)16/h2-7,17H,16H2,1H3,(H,18,19). The lowest BCUT2D eigenvalue weighted by molar-refractivity contribution is 0.0697. The van der Waals surface area contributed by atoms with Crippen LogP contribution in [0.2, 0.25) is 0 Å².